The van der Waals surface area contributed by atoms with Crippen molar-refractivity contribution in [1.82, 2.24) is 9.97 Å². The van der Waals surface area contributed by atoms with Gasteiger partial charge in [0.25, 0.3) is 0 Å². The van der Waals surface area contributed by atoms with Gasteiger partial charge in [0.1, 0.15) is 5.65 Å². The molecule has 0 aliphatic rings. The molecule has 3 rings (SSSR count). The van der Waals surface area contributed by atoms with Crippen molar-refractivity contribution >= 4 is 17.0 Å². The Hall–Kier alpha value is -2.62. The minimum Gasteiger partial charge on any atom is -0.462 e. The summed E-state index contributed by atoms with van der Waals surface area (Å²) in [6.07, 6.45) is 1.64. The van der Waals surface area contributed by atoms with Crippen molar-refractivity contribution in [3.63, 3.8) is 0 Å². The lowest BCUT2D eigenvalue weighted by atomic mass is 10.1. The number of fused-ring (bicyclic) bond motifs is 1. The van der Waals surface area contributed by atoms with Crippen LogP contribution in [-0.2, 0) is 4.74 Å². The number of rotatable bonds is 3. The lowest BCUT2D eigenvalue weighted by Crippen LogP contribution is -2.03. The van der Waals surface area contributed by atoms with Crippen molar-refractivity contribution in [3.8, 4) is 11.3 Å². The first-order valence-electron chi connectivity index (χ1n) is 6.50. The van der Waals surface area contributed by atoms with E-state index in [0.29, 0.717) is 17.8 Å². The van der Waals surface area contributed by atoms with Crippen LogP contribution in [0.3, 0.4) is 0 Å². The van der Waals surface area contributed by atoms with Crippen LogP contribution in [0.25, 0.3) is 22.3 Å². The molecule has 0 atom stereocenters. The number of nitrogens with one attached hydrogen (secondary N) is 1. The maximum atomic E-state index is 11.8. The molecule has 4 nitrogen and oxygen atoms in total. The highest BCUT2D eigenvalue weighted by Gasteiger charge is 2.14. The van der Waals surface area contributed by atoms with Crippen LogP contribution < -0.4 is 0 Å². The Morgan fingerprint density at radius 3 is 2.75 bits per heavy atom. The molecule has 0 aliphatic carbocycles. The fraction of sp³-hybridized carbons (Fsp3) is 0.125. The van der Waals surface area contributed by atoms with E-state index in [0.717, 1.165) is 16.6 Å². The third-order valence-corrected chi connectivity index (χ3v) is 3.10. The molecule has 0 amide bonds. The summed E-state index contributed by atoms with van der Waals surface area (Å²) in [7, 11) is 0. The fourth-order valence-electron chi connectivity index (χ4n) is 2.15. The number of H-pyrrole nitrogens is 1. The van der Waals surface area contributed by atoms with Gasteiger partial charge in [0.15, 0.2) is 0 Å². The van der Waals surface area contributed by atoms with E-state index >= 15 is 0 Å². The number of aromatic amines is 1. The Kier molecular flexibility index (Phi) is 3.21. The number of nitrogens with zero attached hydrogens (tertiary/aromatic N) is 1. The summed E-state index contributed by atoms with van der Waals surface area (Å²) in [6, 6.07) is 13.7. The minimum atomic E-state index is -0.326. The number of benzene rings is 1. The number of aromatic nitrogens is 2. The molecule has 0 unspecified atom stereocenters. The van der Waals surface area contributed by atoms with Crippen molar-refractivity contribution in [2.75, 3.05) is 6.61 Å². The topological polar surface area (TPSA) is 55.0 Å². The van der Waals surface area contributed by atoms with Gasteiger partial charge in [-0.25, -0.2) is 9.78 Å². The summed E-state index contributed by atoms with van der Waals surface area (Å²) < 4.78 is 5.02. The van der Waals surface area contributed by atoms with Crippen molar-refractivity contribution in [2.24, 2.45) is 0 Å². The van der Waals surface area contributed by atoms with Crippen LogP contribution >= 0.6 is 0 Å². The predicted octanol–water partition coefficient (Wildman–Crippen LogP) is 3.41. The molecule has 0 radical (unpaired) electrons. The van der Waals surface area contributed by atoms with Crippen molar-refractivity contribution < 1.29 is 9.53 Å². The number of carbonyl (C=O) groups excluding carboxylic acids is 1. The van der Waals surface area contributed by atoms with Crippen LogP contribution in [0.2, 0.25) is 0 Å². The lowest BCUT2D eigenvalue weighted by molar-refractivity contribution is 0.0529. The third kappa shape index (κ3) is 2.16. The standard InChI is InChI=1S/C16H14N2O2/c1-2-20-16(19)13-10-17-15-12(13)8-9-14(18-15)11-6-4-3-5-7-11/h3-10H,2H2,1H3,(H,17,18). The van der Waals surface area contributed by atoms with Gasteiger partial charge in [-0.05, 0) is 19.1 Å². The molecule has 2 aromatic heterocycles. The monoisotopic (exact) mass is 266 g/mol. The normalized spacial score (nSPS) is 10.7. The molecule has 1 N–H and O–H groups in total. The van der Waals surface area contributed by atoms with Crippen LogP contribution in [0.4, 0.5) is 0 Å². The highest BCUT2D eigenvalue weighted by atomic mass is 16.5. The smallest absolute Gasteiger partial charge is 0.340 e. The quantitative estimate of drug-likeness (QED) is 0.739. The Labute approximate surface area is 116 Å². The number of ether oxygens (including phenoxy) is 1. The zero-order chi connectivity index (χ0) is 13.9. The zero-order valence-corrected chi connectivity index (χ0v) is 11.1. The lowest BCUT2D eigenvalue weighted by Gasteiger charge is -2.02. The van der Waals surface area contributed by atoms with Crippen molar-refractivity contribution in [2.45, 2.75) is 6.92 Å². The predicted molar refractivity (Wildman–Crippen MR) is 77.5 cm³/mol. The molecular weight excluding hydrogens is 252 g/mol. The van der Waals surface area contributed by atoms with Crippen LogP contribution in [0.1, 0.15) is 17.3 Å². The summed E-state index contributed by atoms with van der Waals surface area (Å²) in [5.41, 5.74) is 3.13. The van der Waals surface area contributed by atoms with E-state index in [1.54, 1.807) is 13.1 Å². The first-order chi connectivity index (χ1) is 9.79. The van der Waals surface area contributed by atoms with E-state index in [2.05, 4.69) is 9.97 Å². The number of hydrogen-bond acceptors (Lipinski definition) is 3. The van der Waals surface area contributed by atoms with Gasteiger partial charge in [0, 0.05) is 17.1 Å². The molecule has 4 heteroatoms. The average Bonchev–Trinajstić information content (AvgIpc) is 2.91. The van der Waals surface area contributed by atoms with Gasteiger partial charge in [-0.2, -0.15) is 0 Å². The molecule has 100 valence electrons. The third-order valence-electron chi connectivity index (χ3n) is 3.10. The van der Waals surface area contributed by atoms with Crippen LogP contribution in [0.5, 0.6) is 0 Å². The van der Waals surface area contributed by atoms with E-state index in [1.807, 2.05) is 42.5 Å². The maximum absolute atomic E-state index is 11.8. The molecule has 0 spiro atoms. The molecule has 20 heavy (non-hydrogen) atoms. The zero-order valence-electron chi connectivity index (χ0n) is 11.1. The van der Waals surface area contributed by atoms with Crippen molar-refractivity contribution in [1.29, 1.82) is 0 Å². The number of hydrogen-bond donors (Lipinski definition) is 1. The van der Waals surface area contributed by atoms with Gasteiger partial charge in [-0.1, -0.05) is 30.3 Å². The second-order valence-electron chi connectivity index (χ2n) is 4.38. The van der Waals surface area contributed by atoms with E-state index in [-0.39, 0.29) is 5.97 Å². The van der Waals surface area contributed by atoms with Gasteiger partial charge >= 0.3 is 5.97 Å². The van der Waals surface area contributed by atoms with Crippen LogP contribution in [0.15, 0.2) is 48.7 Å². The molecule has 3 aromatic rings. The van der Waals surface area contributed by atoms with E-state index in [1.165, 1.54) is 0 Å². The van der Waals surface area contributed by atoms with Gasteiger partial charge in [-0.3, -0.25) is 0 Å². The molecule has 2 heterocycles. The van der Waals surface area contributed by atoms with Crippen molar-refractivity contribution in [3.05, 3.63) is 54.2 Å². The molecule has 0 saturated carbocycles. The Morgan fingerprint density at radius 2 is 2.00 bits per heavy atom. The summed E-state index contributed by atoms with van der Waals surface area (Å²) in [5, 5.41) is 0.781. The van der Waals surface area contributed by atoms with E-state index in [9.17, 15) is 4.79 Å². The number of pyridine rings is 1. The van der Waals surface area contributed by atoms with Gasteiger partial charge in [0.05, 0.1) is 17.9 Å². The minimum absolute atomic E-state index is 0.326. The SMILES string of the molecule is CCOC(=O)c1c[nH]c2nc(-c3ccccc3)ccc12. The van der Waals surface area contributed by atoms with E-state index in [4.69, 9.17) is 4.74 Å². The summed E-state index contributed by atoms with van der Waals surface area (Å²) in [6.45, 7) is 2.15. The van der Waals surface area contributed by atoms with E-state index < -0.39 is 0 Å². The Morgan fingerprint density at radius 1 is 1.20 bits per heavy atom. The molecule has 0 saturated heterocycles. The second kappa shape index (κ2) is 5.17. The largest absolute Gasteiger partial charge is 0.462 e. The highest BCUT2D eigenvalue weighted by molar-refractivity contribution is 6.03. The first-order valence-corrected chi connectivity index (χ1v) is 6.50. The number of esters is 1. The second-order valence-corrected chi connectivity index (χ2v) is 4.38. The highest BCUT2D eigenvalue weighted by Crippen LogP contribution is 2.23. The molecule has 0 fully saturated rings. The summed E-state index contributed by atoms with van der Waals surface area (Å²) in [4.78, 5) is 19.4. The Balaban J connectivity index is 2.04. The summed E-state index contributed by atoms with van der Waals surface area (Å²) in [5.74, 6) is -0.326. The van der Waals surface area contributed by atoms with Crippen LogP contribution in [0, 0.1) is 0 Å². The van der Waals surface area contributed by atoms with Gasteiger partial charge in [-0.15, -0.1) is 0 Å². The molecule has 0 aliphatic heterocycles. The maximum Gasteiger partial charge on any atom is 0.340 e. The summed E-state index contributed by atoms with van der Waals surface area (Å²) >= 11 is 0. The van der Waals surface area contributed by atoms with Crippen LogP contribution in [-0.4, -0.2) is 22.5 Å². The number of carbonyl (C=O) groups is 1. The first kappa shape index (κ1) is 12.4. The van der Waals surface area contributed by atoms with Gasteiger partial charge < -0.3 is 9.72 Å². The molecular formula is C16H14N2O2. The molecule has 0 bridgehead atoms. The fourth-order valence-corrected chi connectivity index (χ4v) is 2.15. The molecule has 1 aromatic carbocycles. The Bertz CT molecular complexity index is 748. The van der Waals surface area contributed by atoms with Gasteiger partial charge in [0.2, 0.25) is 0 Å². The average molecular weight is 266 g/mol.